The molecule has 100 valence electrons. The van der Waals surface area contributed by atoms with E-state index in [0.717, 1.165) is 17.8 Å². The zero-order valence-electron chi connectivity index (χ0n) is 11.3. The lowest BCUT2D eigenvalue weighted by molar-refractivity contribution is 0.367. The molecule has 19 heavy (non-hydrogen) atoms. The summed E-state index contributed by atoms with van der Waals surface area (Å²) >= 11 is 0. The molecule has 0 saturated carbocycles. The average Bonchev–Trinajstić information content (AvgIpc) is 2.43. The molecule has 0 aliphatic rings. The Morgan fingerprint density at radius 1 is 1.21 bits per heavy atom. The number of aryl methyl sites for hydroxylation is 1. The van der Waals surface area contributed by atoms with E-state index >= 15 is 0 Å². The van der Waals surface area contributed by atoms with Gasteiger partial charge in [0, 0.05) is 24.0 Å². The van der Waals surface area contributed by atoms with Crippen molar-refractivity contribution in [2.24, 2.45) is 0 Å². The summed E-state index contributed by atoms with van der Waals surface area (Å²) in [6.07, 6.45) is 1.77. The Labute approximate surface area is 112 Å². The average molecular weight is 259 g/mol. The van der Waals surface area contributed by atoms with Crippen molar-refractivity contribution in [3.63, 3.8) is 0 Å². The van der Waals surface area contributed by atoms with Crippen LogP contribution in [0.15, 0.2) is 30.5 Å². The van der Waals surface area contributed by atoms with Crippen LogP contribution in [0.3, 0.4) is 0 Å². The van der Waals surface area contributed by atoms with E-state index in [-0.39, 0.29) is 0 Å². The van der Waals surface area contributed by atoms with Gasteiger partial charge in [-0.2, -0.15) is 4.98 Å². The number of para-hydroxylation sites is 2. The summed E-state index contributed by atoms with van der Waals surface area (Å²) < 4.78 is 10.9. The van der Waals surface area contributed by atoms with Crippen LogP contribution in [0.1, 0.15) is 11.3 Å². The summed E-state index contributed by atoms with van der Waals surface area (Å²) in [5.74, 6) is 1.26. The summed E-state index contributed by atoms with van der Waals surface area (Å²) in [7, 11) is 3.49. The minimum absolute atomic E-state index is 0.321. The number of aromatic nitrogens is 2. The summed E-state index contributed by atoms with van der Waals surface area (Å²) in [6.45, 7) is 2.67. The molecule has 5 heteroatoms. The Morgan fingerprint density at radius 3 is 2.58 bits per heavy atom. The minimum atomic E-state index is 0.321. The Morgan fingerprint density at radius 2 is 1.95 bits per heavy atom. The van der Waals surface area contributed by atoms with Gasteiger partial charge in [-0.05, 0) is 26.1 Å². The lowest BCUT2D eigenvalue weighted by atomic mass is 10.2. The highest BCUT2D eigenvalue weighted by Crippen LogP contribution is 2.29. The molecule has 0 saturated heterocycles. The first-order valence-corrected chi connectivity index (χ1v) is 6.02. The van der Waals surface area contributed by atoms with Crippen molar-refractivity contribution in [3.8, 4) is 17.5 Å². The maximum absolute atomic E-state index is 5.65. The van der Waals surface area contributed by atoms with Gasteiger partial charge in [0.05, 0.1) is 7.11 Å². The topological polar surface area (TPSA) is 56.3 Å². The highest BCUT2D eigenvalue weighted by molar-refractivity contribution is 5.40. The predicted octanol–water partition coefficient (Wildman–Crippen LogP) is 2.31. The standard InChI is InChI=1S/C14H17N3O2/c1-10-11(8-15-2)9-16-14(17-10)19-13-7-5-4-6-12(13)18-3/h4-7,9,15H,8H2,1-3H3. The Kier molecular flexibility index (Phi) is 4.30. The van der Waals surface area contributed by atoms with Crippen LogP contribution in [0.4, 0.5) is 0 Å². The third-order valence-electron chi connectivity index (χ3n) is 2.70. The van der Waals surface area contributed by atoms with Gasteiger partial charge in [0.15, 0.2) is 11.5 Å². The molecule has 0 unspecified atom stereocenters. The molecule has 0 amide bonds. The van der Waals surface area contributed by atoms with E-state index in [1.165, 1.54) is 0 Å². The van der Waals surface area contributed by atoms with Crippen molar-refractivity contribution in [1.82, 2.24) is 15.3 Å². The summed E-state index contributed by atoms with van der Waals surface area (Å²) in [5, 5.41) is 3.07. The van der Waals surface area contributed by atoms with Crippen LogP contribution in [-0.4, -0.2) is 24.1 Å². The molecule has 0 atom stereocenters. The van der Waals surface area contributed by atoms with Gasteiger partial charge >= 0.3 is 6.01 Å². The molecule has 2 aromatic rings. The maximum atomic E-state index is 5.65. The molecule has 0 aliphatic carbocycles. The first-order chi connectivity index (χ1) is 9.24. The Bertz CT molecular complexity index is 558. The molecular weight excluding hydrogens is 242 g/mol. The second-order valence-electron chi connectivity index (χ2n) is 4.05. The van der Waals surface area contributed by atoms with Crippen molar-refractivity contribution >= 4 is 0 Å². The van der Waals surface area contributed by atoms with Crippen LogP contribution in [0.5, 0.6) is 17.5 Å². The molecule has 0 bridgehead atoms. The van der Waals surface area contributed by atoms with E-state index in [0.29, 0.717) is 17.5 Å². The van der Waals surface area contributed by atoms with Crippen LogP contribution in [0.25, 0.3) is 0 Å². The zero-order valence-corrected chi connectivity index (χ0v) is 11.3. The smallest absolute Gasteiger partial charge is 0.322 e. The van der Waals surface area contributed by atoms with Gasteiger partial charge in [-0.25, -0.2) is 4.98 Å². The largest absolute Gasteiger partial charge is 0.493 e. The molecule has 1 aromatic heterocycles. The molecular formula is C14H17N3O2. The van der Waals surface area contributed by atoms with Gasteiger partial charge in [0.2, 0.25) is 0 Å². The first kappa shape index (κ1) is 13.3. The summed E-state index contributed by atoms with van der Waals surface area (Å²) in [5.41, 5.74) is 1.95. The summed E-state index contributed by atoms with van der Waals surface area (Å²) in [4.78, 5) is 8.53. The zero-order chi connectivity index (χ0) is 13.7. The Hall–Kier alpha value is -2.14. The monoisotopic (exact) mass is 259 g/mol. The van der Waals surface area contributed by atoms with E-state index < -0.39 is 0 Å². The van der Waals surface area contributed by atoms with Gasteiger partial charge in [0.25, 0.3) is 0 Å². The quantitative estimate of drug-likeness (QED) is 0.893. The number of benzene rings is 1. The van der Waals surface area contributed by atoms with Crippen LogP contribution in [0.2, 0.25) is 0 Å². The van der Waals surface area contributed by atoms with E-state index in [2.05, 4.69) is 15.3 Å². The van der Waals surface area contributed by atoms with Crippen LogP contribution >= 0.6 is 0 Å². The lowest BCUT2D eigenvalue weighted by Crippen LogP contribution is -2.08. The molecule has 0 radical (unpaired) electrons. The third kappa shape index (κ3) is 3.20. The highest BCUT2D eigenvalue weighted by Gasteiger charge is 2.08. The number of nitrogens with one attached hydrogen (secondary N) is 1. The van der Waals surface area contributed by atoms with Crippen molar-refractivity contribution in [1.29, 1.82) is 0 Å². The molecule has 0 fully saturated rings. The summed E-state index contributed by atoms with van der Waals surface area (Å²) in [6, 6.07) is 7.73. The van der Waals surface area contributed by atoms with E-state index in [1.54, 1.807) is 13.3 Å². The molecule has 0 aliphatic heterocycles. The maximum Gasteiger partial charge on any atom is 0.322 e. The minimum Gasteiger partial charge on any atom is -0.493 e. The molecule has 5 nitrogen and oxygen atoms in total. The number of rotatable bonds is 5. The number of hydrogen-bond donors (Lipinski definition) is 1. The van der Waals surface area contributed by atoms with Gasteiger partial charge in [0.1, 0.15) is 0 Å². The normalized spacial score (nSPS) is 10.3. The highest BCUT2D eigenvalue weighted by atomic mass is 16.5. The second-order valence-corrected chi connectivity index (χ2v) is 4.05. The van der Waals surface area contributed by atoms with Gasteiger partial charge < -0.3 is 14.8 Å². The van der Waals surface area contributed by atoms with Crippen molar-refractivity contribution in [3.05, 3.63) is 41.7 Å². The van der Waals surface area contributed by atoms with Crippen LogP contribution in [0, 0.1) is 6.92 Å². The third-order valence-corrected chi connectivity index (χ3v) is 2.70. The molecule has 1 N–H and O–H groups in total. The number of nitrogens with zero attached hydrogens (tertiary/aromatic N) is 2. The lowest BCUT2D eigenvalue weighted by Gasteiger charge is -2.10. The molecule has 2 rings (SSSR count). The second kappa shape index (κ2) is 6.15. The fourth-order valence-corrected chi connectivity index (χ4v) is 1.69. The van der Waals surface area contributed by atoms with E-state index in [4.69, 9.17) is 9.47 Å². The van der Waals surface area contributed by atoms with E-state index in [9.17, 15) is 0 Å². The fourth-order valence-electron chi connectivity index (χ4n) is 1.69. The van der Waals surface area contributed by atoms with Crippen LogP contribution in [-0.2, 0) is 6.54 Å². The molecule has 0 spiro atoms. The molecule has 1 heterocycles. The number of ether oxygens (including phenoxy) is 2. The SMILES string of the molecule is CNCc1cnc(Oc2ccccc2OC)nc1C. The Balaban J connectivity index is 2.21. The number of methoxy groups -OCH3 is 1. The first-order valence-electron chi connectivity index (χ1n) is 6.02. The van der Waals surface area contributed by atoms with Gasteiger partial charge in [-0.1, -0.05) is 12.1 Å². The van der Waals surface area contributed by atoms with Crippen molar-refractivity contribution in [2.75, 3.05) is 14.2 Å². The molecule has 1 aromatic carbocycles. The number of hydrogen-bond acceptors (Lipinski definition) is 5. The fraction of sp³-hybridized carbons (Fsp3) is 0.286. The van der Waals surface area contributed by atoms with E-state index in [1.807, 2.05) is 38.2 Å². The predicted molar refractivity (Wildman–Crippen MR) is 72.6 cm³/mol. The van der Waals surface area contributed by atoms with Gasteiger partial charge in [-0.15, -0.1) is 0 Å². The van der Waals surface area contributed by atoms with Crippen LogP contribution < -0.4 is 14.8 Å². The van der Waals surface area contributed by atoms with Crippen molar-refractivity contribution < 1.29 is 9.47 Å². The van der Waals surface area contributed by atoms with Crippen molar-refractivity contribution in [2.45, 2.75) is 13.5 Å². The van der Waals surface area contributed by atoms with Gasteiger partial charge in [-0.3, -0.25) is 0 Å².